The van der Waals surface area contributed by atoms with Gasteiger partial charge in [-0.2, -0.15) is 0 Å². The summed E-state index contributed by atoms with van der Waals surface area (Å²) in [4.78, 5) is 2.24. The topological polar surface area (TPSA) is 24.5 Å². The van der Waals surface area contributed by atoms with Crippen LogP contribution in [0.1, 0.15) is 20.8 Å². The molecular formula is C11H26N2O. The molecule has 0 bridgehead atoms. The van der Waals surface area contributed by atoms with Crippen LogP contribution in [-0.4, -0.2) is 51.3 Å². The molecule has 3 heteroatoms. The van der Waals surface area contributed by atoms with Gasteiger partial charge in [0.25, 0.3) is 0 Å². The monoisotopic (exact) mass is 202 g/mol. The van der Waals surface area contributed by atoms with E-state index in [0.717, 1.165) is 19.7 Å². The van der Waals surface area contributed by atoms with Crippen LogP contribution in [0.4, 0.5) is 0 Å². The summed E-state index contributed by atoms with van der Waals surface area (Å²) in [5.74, 6) is 0.581. The molecule has 3 nitrogen and oxygen atoms in total. The highest BCUT2D eigenvalue weighted by atomic mass is 16.5. The number of ether oxygens (including phenoxy) is 1. The van der Waals surface area contributed by atoms with Crippen molar-refractivity contribution in [2.75, 3.05) is 40.9 Å². The summed E-state index contributed by atoms with van der Waals surface area (Å²) in [6.45, 7) is 9.52. The molecule has 0 saturated heterocycles. The molecule has 0 saturated carbocycles. The fraction of sp³-hybridized carbons (Fsp3) is 1.00. The maximum Gasteiger partial charge on any atom is 0.0499 e. The van der Waals surface area contributed by atoms with E-state index in [0.29, 0.717) is 5.92 Å². The van der Waals surface area contributed by atoms with Gasteiger partial charge in [0.05, 0.1) is 0 Å². The Hall–Kier alpha value is -0.120. The van der Waals surface area contributed by atoms with Gasteiger partial charge in [0.1, 0.15) is 0 Å². The Morgan fingerprint density at radius 2 is 1.93 bits per heavy atom. The Labute approximate surface area is 88.8 Å². The van der Waals surface area contributed by atoms with Crippen LogP contribution in [-0.2, 0) is 4.74 Å². The van der Waals surface area contributed by atoms with Gasteiger partial charge in [-0.25, -0.2) is 0 Å². The molecule has 1 N–H and O–H groups in total. The molecule has 0 aliphatic carbocycles. The fourth-order valence-electron chi connectivity index (χ4n) is 1.13. The standard InChI is InChI=1S/C11H26N2O/c1-10(8-14-6)7-12-9-11(2,3)13(4)5/h10,12H,7-9H2,1-6H3. The second-order valence-electron chi connectivity index (χ2n) is 4.90. The van der Waals surface area contributed by atoms with Gasteiger partial charge in [-0.3, -0.25) is 0 Å². The van der Waals surface area contributed by atoms with Crippen molar-refractivity contribution < 1.29 is 4.74 Å². The molecule has 0 heterocycles. The van der Waals surface area contributed by atoms with E-state index in [4.69, 9.17) is 4.74 Å². The van der Waals surface area contributed by atoms with E-state index in [2.05, 4.69) is 45.1 Å². The van der Waals surface area contributed by atoms with E-state index >= 15 is 0 Å². The van der Waals surface area contributed by atoms with E-state index in [1.807, 2.05) is 0 Å². The zero-order valence-electron chi connectivity index (χ0n) is 10.6. The molecule has 14 heavy (non-hydrogen) atoms. The van der Waals surface area contributed by atoms with Crippen molar-refractivity contribution in [3.05, 3.63) is 0 Å². The number of likely N-dealkylation sites (N-methyl/N-ethyl adjacent to an activating group) is 1. The van der Waals surface area contributed by atoms with Crippen molar-refractivity contribution in [3.8, 4) is 0 Å². The first kappa shape index (κ1) is 13.9. The summed E-state index contributed by atoms with van der Waals surface area (Å²) in [6.07, 6.45) is 0. The number of hydrogen-bond acceptors (Lipinski definition) is 3. The first-order valence-electron chi connectivity index (χ1n) is 5.27. The van der Waals surface area contributed by atoms with Crippen LogP contribution < -0.4 is 5.32 Å². The van der Waals surface area contributed by atoms with Gasteiger partial charge in [0.2, 0.25) is 0 Å². The van der Waals surface area contributed by atoms with Crippen LogP contribution in [0.15, 0.2) is 0 Å². The smallest absolute Gasteiger partial charge is 0.0499 e. The van der Waals surface area contributed by atoms with Crippen LogP contribution in [0.2, 0.25) is 0 Å². The lowest BCUT2D eigenvalue weighted by atomic mass is 10.0. The average molecular weight is 202 g/mol. The van der Waals surface area contributed by atoms with Crippen LogP contribution in [0.5, 0.6) is 0 Å². The largest absolute Gasteiger partial charge is 0.384 e. The summed E-state index contributed by atoms with van der Waals surface area (Å²) >= 11 is 0. The minimum absolute atomic E-state index is 0.215. The molecule has 0 aromatic carbocycles. The summed E-state index contributed by atoms with van der Waals surface area (Å²) in [7, 11) is 5.97. The lowest BCUT2D eigenvalue weighted by Gasteiger charge is -2.33. The number of rotatable bonds is 7. The molecule has 0 amide bonds. The van der Waals surface area contributed by atoms with E-state index in [-0.39, 0.29) is 5.54 Å². The first-order valence-corrected chi connectivity index (χ1v) is 5.27. The predicted molar refractivity (Wildman–Crippen MR) is 61.7 cm³/mol. The Morgan fingerprint density at radius 1 is 1.36 bits per heavy atom. The van der Waals surface area contributed by atoms with Gasteiger partial charge in [0, 0.05) is 25.8 Å². The van der Waals surface area contributed by atoms with Crippen LogP contribution in [0, 0.1) is 5.92 Å². The van der Waals surface area contributed by atoms with Crippen LogP contribution >= 0.6 is 0 Å². The van der Waals surface area contributed by atoms with E-state index in [1.54, 1.807) is 7.11 Å². The molecule has 0 fully saturated rings. The minimum atomic E-state index is 0.215. The number of nitrogens with one attached hydrogen (secondary N) is 1. The average Bonchev–Trinajstić information content (AvgIpc) is 2.04. The maximum atomic E-state index is 5.08. The van der Waals surface area contributed by atoms with Crippen molar-refractivity contribution in [2.24, 2.45) is 5.92 Å². The summed E-state index contributed by atoms with van der Waals surface area (Å²) in [5.41, 5.74) is 0.215. The summed E-state index contributed by atoms with van der Waals surface area (Å²) < 4.78 is 5.08. The van der Waals surface area contributed by atoms with Gasteiger partial charge in [-0.1, -0.05) is 6.92 Å². The molecule has 0 aromatic heterocycles. The molecule has 1 atom stereocenters. The Morgan fingerprint density at radius 3 is 2.36 bits per heavy atom. The van der Waals surface area contributed by atoms with Crippen molar-refractivity contribution in [2.45, 2.75) is 26.3 Å². The number of nitrogens with zero attached hydrogens (tertiary/aromatic N) is 1. The highest BCUT2D eigenvalue weighted by molar-refractivity contribution is 4.79. The maximum absolute atomic E-state index is 5.08. The van der Waals surface area contributed by atoms with Crippen LogP contribution in [0.3, 0.4) is 0 Å². The van der Waals surface area contributed by atoms with Crippen LogP contribution in [0.25, 0.3) is 0 Å². The van der Waals surface area contributed by atoms with E-state index in [9.17, 15) is 0 Å². The highest BCUT2D eigenvalue weighted by Crippen LogP contribution is 2.07. The van der Waals surface area contributed by atoms with Crippen molar-refractivity contribution in [1.82, 2.24) is 10.2 Å². The highest BCUT2D eigenvalue weighted by Gasteiger charge is 2.19. The molecule has 0 aliphatic rings. The van der Waals surface area contributed by atoms with Gasteiger partial charge < -0.3 is 15.0 Å². The SMILES string of the molecule is COCC(C)CNCC(C)(C)N(C)C. The molecule has 86 valence electrons. The normalized spacial score (nSPS) is 14.8. The summed E-state index contributed by atoms with van der Waals surface area (Å²) in [5, 5.41) is 3.47. The van der Waals surface area contributed by atoms with Gasteiger partial charge in [-0.15, -0.1) is 0 Å². The molecule has 1 unspecified atom stereocenters. The van der Waals surface area contributed by atoms with Crippen molar-refractivity contribution >= 4 is 0 Å². The second-order valence-corrected chi connectivity index (χ2v) is 4.90. The Bertz CT molecular complexity index is 146. The third kappa shape index (κ3) is 5.58. The lowest BCUT2D eigenvalue weighted by molar-refractivity contribution is 0.150. The van der Waals surface area contributed by atoms with Gasteiger partial charge in [-0.05, 0) is 40.4 Å². The van der Waals surface area contributed by atoms with E-state index < -0.39 is 0 Å². The van der Waals surface area contributed by atoms with Crippen molar-refractivity contribution in [3.63, 3.8) is 0 Å². The lowest BCUT2D eigenvalue weighted by Crippen LogP contribution is -2.47. The Kier molecular flexibility index (Phi) is 6.33. The molecular weight excluding hydrogens is 176 g/mol. The molecule has 0 aromatic rings. The third-order valence-corrected chi connectivity index (χ3v) is 2.71. The second kappa shape index (κ2) is 6.38. The van der Waals surface area contributed by atoms with Gasteiger partial charge >= 0.3 is 0 Å². The molecule has 0 spiro atoms. The van der Waals surface area contributed by atoms with Gasteiger partial charge in [0.15, 0.2) is 0 Å². The zero-order chi connectivity index (χ0) is 11.2. The zero-order valence-corrected chi connectivity index (χ0v) is 10.6. The summed E-state index contributed by atoms with van der Waals surface area (Å²) in [6, 6.07) is 0. The number of hydrogen-bond donors (Lipinski definition) is 1. The Balaban J connectivity index is 3.62. The van der Waals surface area contributed by atoms with Crippen molar-refractivity contribution in [1.29, 1.82) is 0 Å². The first-order chi connectivity index (χ1) is 6.40. The number of methoxy groups -OCH3 is 1. The molecule has 0 aliphatic heterocycles. The quantitative estimate of drug-likeness (QED) is 0.671. The van der Waals surface area contributed by atoms with E-state index in [1.165, 1.54) is 0 Å². The fourth-order valence-corrected chi connectivity index (χ4v) is 1.13. The molecule has 0 rings (SSSR count). The predicted octanol–water partition coefficient (Wildman–Crippen LogP) is 1.20. The minimum Gasteiger partial charge on any atom is -0.384 e. The third-order valence-electron chi connectivity index (χ3n) is 2.71. The molecule has 0 radical (unpaired) electrons.